The number of hydrogen-bond donors (Lipinski definition) is 2. The van der Waals surface area contributed by atoms with Crippen molar-refractivity contribution >= 4 is 47.3 Å². The Labute approximate surface area is 302 Å². The van der Waals surface area contributed by atoms with Crippen molar-refractivity contribution in [3.05, 3.63) is 34.4 Å². The molecule has 10 atom stereocenters. The summed E-state index contributed by atoms with van der Waals surface area (Å²) in [6, 6.07) is 1.92. The van der Waals surface area contributed by atoms with Gasteiger partial charge >= 0.3 is 29.8 Å². The van der Waals surface area contributed by atoms with Gasteiger partial charge in [0, 0.05) is 60.6 Å². The van der Waals surface area contributed by atoms with E-state index in [9.17, 15) is 43.7 Å². The zero-order chi connectivity index (χ0) is 39.6. The Hall–Kier alpha value is -5.41. The molecule has 2 aliphatic heterocycles. The molecule has 0 radical (unpaired) electrons. The maximum absolute atomic E-state index is 12.6. The molecule has 53 heavy (non-hydrogen) atoms. The first-order valence-electron chi connectivity index (χ1n) is 16.1. The third-order valence-corrected chi connectivity index (χ3v) is 7.43. The number of amides is 2. The molecule has 2 N–H and O–H groups in total. The van der Waals surface area contributed by atoms with Crippen molar-refractivity contribution in [3.8, 4) is 5.75 Å². The SMILES string of the molecule is CC(=O)N[C@H]1C(OC(C)=O)[C@H](O[C@@H]2OC(COC(C)=O)[C@@H](OC(C)=O)C(OC(C)=O)[C@@H]2NC(C)=O)C(COC(C)=O)O[C@H]1Oc1ccc([N+](=O)[O-])cc1. The van der Waals surface area contributed by atoms with Crippen molar-refractivity contribution < 1.29 is 81.1 Å². The van der Waals surface area contributed by atoms with Gasteiger partial charge in [0.05, 0.1) is 4.92 Å². The summed E-state index contributed by atoms with van der Waals surface area (Å²) in [4.78, 5) is 96.5. The third kappa shape index (κ3) is 12.4. The number of hydrogen-bond acceptors (Lipinski definition) is 18. The molecule has 0 aromatic heterocycles. The molecule has 21 heteroatoms. The Morgan fingerprint density at radius 1 is 0.623 bits per heavy atom. The minimum Gasteiger partial charge on any atom is -0.463 e. The molecular weight excluding hydrogens is 714 g/mol. The highest BCUT2D eigenvalue weighted by Gasteiger charge is 2.56. The lowest BCUT2D eigenvalue weighted by molar-refractivity contribution is -0.384. The second-order valence-corrected chi connectivity index (χ2v) is 11.8. The number of nitro groups is 1. The lowest BCUT2D eigenvalue weighted by Crippen LogP contribution is -2.71. The van der Waals surface area contributed by atoms with E-state index in [2.05, 4.69) is 10.6 Å². The molecule has 2 aliphatic rings. The van der Waals surface area contributed by atoms with E-state index in [4.69, 9.17) is 42.6 Å². The van der Waals surface area contributed by atoms with Crippen LogP contribution in [-0.4, -0.2) is 121 Å². The van der Waals surface area contributed by atoms with Crippen molar-refractivity contribution in [2.45, 2.75) is 110 Å². The summed E-state index contributed by atoms with van der Waals surface area (Å²) in [6.07, 6.45) is -12.2. The van der Waals surface area contributed by atoms with Crippen molar-refractivity contribution in [2.75, 3.05) is 13.2 Å². The molecule has 1 aromatic carbocycles. The average Bonchev–Trinajstić information content (AvgIpc) is 3.03. The summed E-state index contributed by atoms with van der Waals surface area (Å²) in [5.74, 6) is -5.45. The van der Waals surface area contributed by atoms with Crippen LogP contribution in [0.25, 0.3) is 0 Å². The minimum atomic E-state index is -1.72. The van der Waals surface area contributed by atoms with Crippen LogP contribution in [0.5, 0.6) is 5.75 Å². The summed E-state index contributed by atoms with van der Waals surface area (Å²) in [5.41, 5.74) is -0.254. The van der Waals surface area contributed by atoms with Crippen LogP contribution in [0.4, 0.5) is 5.69 Å². The number of non-ortho nitro benzene ring substituents is 1. The highest BCUT2D eigenvalue weighted by atomic mass is 16.7. The normalized spacial score (nSPS) is 27.9. The lowest BCUT2D eigenvalue weighted by atomic mass is 9.94. The van der Waals surface area contributed by atoms with E-state index >= 15 is 0 Å². The molecule has 2 saturated heterocycles. The molecule has 2 amide bonds. The molecule has 292 valence electrons. The number of ether oxygens (including phenoxy) is 9. The molecule has 3 rings (SSSR count). The quantitative estimate of drug-likeness (QED) is 0.107. The first kappa shape index (κ1) is 42.0. The van der Waals surface area contributed by atoms with E-state index in [-0.39, 0.29) is 11.4 Å². The second kappa shape index (κ2) is 18.9. The number of nitro benzene ring substituents is 1. The van der Waals surface area contributed by atoms with Gasteiger partial charge in [-0.05, 0) is 12.1 Å². The molecule has 21 nitrogen and oxygen atoms in total. The van der Waals surface area contributed by atoms with Gasteiger partial charge in [-0.1, -0.05) is 0 Å². The average molecular weight is 756 g/mol. The molecule has 0 spiro atoms. The van der Waals surface area contributed by atoms with Gasteiger partial charge in [0.2, 0.25) is 18.1 Å². The Kier molecular flexibility index (Phi) is 15.0. The third-order valence-electron chi connectivity index (χ3n) is 7.43. The Bertz CT molecular complexity index is 1540. The Morgan fingerprint density at radius 2 is 1.04 bits per heavy atom. The Balaban J connectivity index is 2.16. The second-order valence-electron chi connectivity index (χ2n) is 11.8. The van der Waals surface area contributed by atoms with E-state index in [0.29, 0.717) is 0 Å². The molecular formula is C32H41N3O18. The summed E-state index contributed by atoms with van der Waals surface area (Å²) in [6.45, 7) is 6.47. The summed E-state index contributed by atoms with van der Waals surface area (Å²) in [5, 5.41) is 16.3. The highest BCUT2D eigenvalue weighted by molar-refractivity contribution is 5.74. The number of nitrogens with one attached hydrogen (secondary N) is 2. The number of esters is 5. The van der Waals surface area contributed by atoms with Crippen LogP contribution in [0.2, 0.25) is 0 Å². The van der Waals surface area contributed by atoms with Gasteiger partial charge in [-0.3, -0.25) is 43.7 Å². The van der Waals surface area contributed by atoms with Gasteiger partial charge < -0.3 is 53.3 Å². The topological polar surface area (TPSA) is 270 Å². The fourth-order valence-corrected chi connectivity index (χ4v) is 5.56. The molecule has 1 aromatic rings. The molecule has 2 heterocycles. The lowest BCUT2D eigenvalue weighted by Gasteiger charge is -2.49. The van der Waals surface area contributed by atoms with Crippen LogP contribution < -0.4 is 15.4 Å². The van der Waals surface area contributed by atoms with Crippen LogP contribution in [0.3, 0.4) is 0 Å². The van der Waals surface area contributed by atoms with Crippen LogP contribution in [-0.2, 0) is 71.5 Å². The van der Waals surface area contributed by atoms with Gasteiger partial charge in [-0.15, -0.1) is 0 Å². The van der Waals surface area contributed by atoms with E-state index in [1.54, 1.807) is 0 Å². The molecule has 4 unspecified atom stereocenters. The highest BCUT2D eigenvalue weighted by Crippen LogP contribution is 2.34. The molecule has 0 aliphatic carbocycles. The maximum Gasteiger partial charge on any atom is 0.303 e. The summed E-state index contributed by atoms with van der Waals surface area (Å²) >= 11 is 0. The number of benzene rings is 1. The number of carbonyl (C=O) groups is 7. The van der Waals surface area contributed by atoms with Crippen molar-refractivity contribution in [1.82, 2.24) is 10.6 Å². The smallest absolute Gasteiger partial charge is 0.303 e. The molecule has 0 saturated carbocycles. The first-order valence-corrected chi connectivity index (χ1v) is 16.1. The maximum atomic E-state index is 12.6. The fraction of sp³-hybridized carbons (Fsp3) is 0.594. The minimum absolute atomic E-state index is 0.0264. The van der Waals surface area contributed by atoms with E-state index in [1.165, 1.54) is 12.1 Å². The van der Waals surface area contributed by atoms with E-state index in [0.717, 1.165) is 60.6 Å². The predicted octanol–water partition coefficient (Wildman–Crippen LogP) is -0.261. The van der Waals surface area contributed by atoms with Crippen LogP contribution in [0.1, 0.15) is 48.5 Å². The number of nitrogens with zero attached hydrogens (tertiary/aromatic N) is 1. The zero-order valence-electron chi connectivity index (χ0n) is 29.8. The predicted molar refractivity (Wildman–Crippen MR) is 171 cm³/mol. The van der Waals surface area contributed by atoms with Gasteiger partial charge in [0.1, 0.15) is 49.4 Å². The standard InChI is InChI=1S/C32H41N3O18/c1-14(36)33-25-30(49-20(7)42)28(24(13-46-17(4)39)51-31(25)50-22-10-8-21(9-11-22)35(43)44)53-32-26(34-15(2)37)29(48-19(6)41)27(47-18(5)40)23(52-32)12-45-16(3)38/h8-11,23-32H,12-13H2,1-7H3,(H,33,36)(H,34,37)/t23?,24?,25-,26-,27+,28+,29?,30?,31+,32-/m0/s1. The Morgan fingerprint density at radius 3 is 1.47 bits per heavy atom. The largest absolute Gasteiger partial charge is 0.463 e. The first-order chi connectivity index (χ1) is 24.9. The molecule has 0 bridgehead atoms. The van der Waals surface area contributed by atoms with Gasteiger partial charge in [-0.2, -0.15) is 0 Å². The molecule has 2 fully saturated rings. The van der Waals surface area contributed by atoms with Crippen molar-refractivity contribution in [2.24, 2.45) is 0 Å². The monoisotopic (exact) mass is 755 g/mol. The van der Waals surface area contributed by atoms with Crippen LogP contribution >= 0.6 is 0 Å². The van der Waals surface area contributed by atoms with Gasteiger partial charge in [0.25, 0.3) is 5.69 Å². The van der Waals surface area contributed by atoms with Crippen LogP contribution in [0, 0.1) is 10.1 Å². The number of carbonyl (C=O) groups excluding carboxylic acids is 7. The van der Waals surface area contributed by atoms with E-state index in [1.807, 2.05) is 0 Å². The van der Waals surface area contributed by atoms with Crippen LogP contribution in [0.15, 0.2) is 24.3 Å². The van der Waals surface area contributed by atoms with Crippen molar-refractivity contribution in [1.29, 1.82) is 0 Å². The van der Waals surface area contributed by atoms with Crippen molar-refractivity contribution in [3.63, 3.8) is 0 Å². The zero-order valence-corrected chi connectivity index (χ0v) is 29.8. The van der Waals surface area contributed by atoms with Gasteiger partial charge in [-0.25, -0.2) is 0 Å². The van der Waals surface area contributed by atoms with E-state index < -0.39 is 121 Å². The van der Waals surface area contributed by atoms with Gasteiger partial charge in [0.15, 0.2) is 24.6 Å². The number of rotatable bonds is 14. The summed E-state index contributed by atoms with van der Waals surface area (Å²) in [7, 11) is 0. The summed E-state index contributed by atoms with van der Waals surface area (Å²) < 4.78 is 51.6. The fourth-order valence-electron chi connectivity index (χ4n) is 5.56.